The maximum atomic E-state index is 14.9. The number of nitrogens with one attached hydrogen (secondary N) is 4. The molecule has 0 saturated carbocycles. The highest BCUT2D eigenvalue weighted by atomic mass is 32.2. The van der Waals surface area contributed by atoms with Crippen LogP contribution < -0.4 is 52.5 Å². The molecule has 4 aromatic rings. The number of aliphatic hydroxyl groups is 2. The van der Waals surface area contributed by atoms with Crippen LogP contribution in [-0.4, -0.2) is 149 Å². The third-order valence-corrected chi connectivity index (χ3v) is 13.2. The number of amides is 4. The minimum absolute atomic E-state index is 0.00383. The number of aliphatic carboxylic acids is 1. The molecule has 2 aliphatic rings. The van der Waals surface area contributed by atoms with Crippen molar-refractivity contribution in [3.63, 3.8) is 0 Å². The van der Waals surface area contributed by atoms with Gasteiger partial charge in [-0.25, -0.2) is 19.9 Å². The summed E-state index contributed by atoms with van der Waals surface area (Å²) in [4.78, 5) is 79.5. The molecule has 1 aromatic heterocycles. The molecule has 73 heavy (non-hydrogen) atoms. The third kappa shape index (κ3) is 12.5. The number of nitrogen functional groups attached to an aromatic ring is 1. The van der Waals surface area contributed by atoms with Crippen LogP contribution in [-0.2, 0) is 47.6 Å². The molecule has 0 unspecified atom stereocenters. The summed E-state index contributed by atoms with van der Waals surface area (Å²) in [5, 5.41) is 66.6. The summed E-state index contributed by atoms with van der Waals surface area (Å²) in [5.41, 5.74) is 19.1. The molecule has 0 radical (unpaired) electrons. The maximum absolute atomic E-state index is 14.9. The first-order chi connectivity index (χ1) is 34.2. The van der Waals surface area contributed by atoms with E-state index in [1.54, 1.807) is 6.07 Å². The van der Waals surface area contributed by atoms with Crippen molar-refractivity contribution < 1.29 is 67.4 Å². The van der Waals surface area contributed by atoms with Gasteiger partial charge in [-0.1, -0.05) is 26.0 Å². The quantitative estimate of drug-likeness (QED) is 0.0570. The highest BCUT2D eigenvalue weighted by Gasteiger charge is 2.38. The normalized spacial score (nSPS) is 18.7. The van der Waals surface area contributed by atoms with Gasteiger partial charge in [0.05, 0.1) is 11.3 Å². The van der Waals surface area contributed by atoms with E-state index in [0.717, 1.165) is 35.6 Å². The van der Waals surface area contributed by atoms with Crippen molar-refractivity contribution in [2.24, 2.45) is 16.6 Å². The van der Waals surface area contributed by atoms with Crippen LogP contribution in [0.5, 0.6) is 23.0 Å². The molecule has 394 valence electrons. The van der Waals surface area contributed by atoms with Crippen molar-refractivity contribution >= 4 is 45.6 Å². The van der Waals surface area contributed by atoms with Gasteiger partial charge in [0, 0.05) is 44.2 Å². The first-order valence-corrected chi connectivity index (χ1v) is 24.5. The number of aliphatic hydroxyl groups excluding tert-OH is 2. The summed E-state index contributed by atoms with van der Waals surface area (Å²) in [7, 11) is -3.47. The number of phenolic OH excluding ortho intramolecular Hbond substituents is 2. The highest BCUT2D eigenvalue weighted by Crippen LogP contribution is 2.47. The number of hydrogen-bond acceptors (Lipinski definition) is 18. The SMILES string of the molecule is Cc1nc(-c2ccc3c(c2O)CCC3(C)C)nc(N)c1C(=O)N[C@@H](CNS(N)(=O)=O)C(=O)N(C)[C@@H]1C(=O)N[C@@H](C)C(=O)N[C@H](C(=O)O)Cc2ccc(OC[C@H](O)CN)c(c2)-c2cc1cc(OC[C@H](O)CN)c2O. The molecule has 0 saturated heterocycles. The number of anilines is 1. The van der Waals surface area contributed by atoms with Crippen molar-refractivity contribution in [2.75, 3.05) is 45.6 Å². The van der Waals surface area contributed by atoms with Gasteiger partial charge in [0.2, 0.25) is 17.7 Å². The summed E-state index contributed by atoms with van der Waals surface area (Å²) in [6.07, 6.45) is -1.35. The zero-order valence-corrected chi connectivity index (χ0v) is 41.4. The molecule has 26 heteroatoms. The fraction of sp³-hybridized carbons (Fsp3) is 0.426. The Kier molecular flexibility index (Phi) is 16.8. The van der Waals surface area contributed by atoms with E-state index in [1.165, 1.54) is 38.1 Å². The molecule has 6 atom stereocenters. The van der Waals surface area contributed by atoms with Crippen molar-refractivity contribution in [1.29, 1.82) is 0 Å². The number of rotatable bonds is 17. The predicted octanol–water partition coefficient (Wildman–Crippen LogP) is -1.55. The van der Waals surface area contributed by atoms with Crippen molar-refractivity contribution in [3.8, 4) is 45.5 Å². The average molecular weight is 1040 g/mol. The van der Waals surface area contributed by atoms with Crippen LogP contribution in [0, 0.1) is 6.92 Å². The number of benzene rings is 3. The number of ether oxygens (including phenoxy) is 2. The minimum Gasteiger partial charge on any atom is -0.507 e. The minimum atomic E-state index is -4.57. The van der Waals surface area contributed by atoms with Crippen LogP contribution in [0.25, 0.3) is 22.5 Å². The first kappa shape index (κ1) is 55.1. The van der Waals surface area contributed by atoms with Crippen LogP contribution in [0.3, 0.4) is 0 Å². The van der Waals surface area contributed by atoms with E-state index in [0.29, 0.717) is 12.0 Å². The van der Waals surface area contributed by atoms with Crippen LogP contribution in [0.15, 0.2) is 42.5 Å². The van der Waals surface area contributed by atoms with Crippen LogP contribution >= 0.6 is 0 Å². The number of carboxylic acid groups (broad SMARTS) is 1. The molecular formula is C47H61N11O14S. The highest BCUT2D eigenvalue weighted by molar-refractivity contribution is 7.87. The van der Waals surface area contributed by atoms with Gasteiger partial charge < -0.3 is 73.1 Å². The van der Waals surface area contributed by atoms with Crippen molar-refractivity contribution in [3.05, 3.63) is 76.0 Å². The van der Waals surface area contributed by atoms with Gasteiger partial charge in [0.1, 0.15) is 72.5 Å². The van der Waals surface area contributed by atoms with Crippen LogP contribution in [0.4, 0.5) is 5.82 Å². The van der Waals surface area contributed by atoms with Gasteiger partial charge in [-0.2, -0.15) is 13.1 Å². The van der Waals surface area contributed by atoms with Crippen molar-refractivity contribution in [1.82, 2.24) is 35.5 Å². The van der Waals surface area contributed by atoms with Gasteiger partial charge in [-0.05, 0) is 84.7 Å². The average Bonchev–Trinajstić information content (AvgIpc) is 3.64. The van der Waals surface area contributed by atoms with E-state index in [9.17, 15) is 57.9 Å². The van der Waals surface area contributed by atoms with E-state index in [2.05, 4.69) is 39.8 Å². The molecule has 6 rings (SSSR count). The molecule has 0 fully saturated rings. The van der Waals surface area contributed by atoms with Crippen molar-refractivity contribution in [2.45, 2.75) is 88.7 Å². The number of fused-ring (bicyclic) bond motifs is 6. The maximum Gasteiger partial charge on any atom is 0.326 e. The van der Waals surface area contributed by atoms with Crippen LogP contribution in [0.2, 0.25) is 0 Å². The Morgan fingerprint density at radius 1 is 0.918 bits per heavy atom. The Morgan fingerprint density at radius 2 is 1.58 bits per heavy atom. The molecule has 4 amide bonds. The molecule has 1 aliphatic carbocycles. The molecule has 3 aromatic carbocycles. The Balaban J connectivity index is 1.47. The fourth-order valence-corrected chi connectivity index (χ4v) is 8.97. The zero-order chi connectivity index (χ0) is 53.9. The van der Waals surface area contributed by atoms with Crippen LogP contribution in [0.1, 0.15) is 71.5 Å². The smallest absolute Gasteiger partial charge is 0.326 e. The Labute approximate surface area is 419 Å². The summed E-state index contributed by atoms with van der Waals surface area (Å²) in [5.74, 6) is -7.16. The second-order valence-electron chi connectivity index (χ2n) is 18.5. The first-order valence-electron chi connectivity index (χ1n) is 22.9. The van der Waals surface area contributed by atoms with E-state index in [4.69, 9.17) is 31.8 Å². The Hall–Kier alpha value is -7.20. The summed E-state index contributed by atoms with van der Waals surface area (Å²) >= 11 is 0. The molecule has 17 N–H and O–H groups in total. The lowest BCUT2D eigenvalue weighted by Crippen LogP contribution is -2.57. The topological polar surface area (TPSA) is 420 Å². The monoisotopic (exact) mass is 1040 g/mol. The second-order valence-corrected chi connectivity index (χ2v) is 19.9. The van der Waals surface area contributed by atoms with Gasteiger partial charge in [-0.3, -0.25) is 19.2 Å². The number of phenols is 2. The van der Waals surface area contributed by atoms with Gasteiger partial charge in [-0.15, -0.1) is 0 Å². The second kappa shape index (κ2) is 22.3. The Bertz CT molecular complexity index is 2900. The Morgan fingerprint density at radius 3 is 2.19 bits per heavy atom. The predicted molar refractivity (Wildman–Crippen MR) is 263 cm³/mol. The third-order valence-electron chi connectivity index (χ3n) is 12.6. The molecule has 25 nitrogen and oxygen atoms in total. The number of likely N-dealkylation sites (N-methyl/N-ethyl adjacent to an activating group) is 1. The van der Waals surface area contributed by atoms with E-state index in [-0.39, 0.29) is 93.9 Å². The van der Waals surface area contributed by atoms with E-state index < -0.39 is 95.1 Å². The van der Waals surface area contributed by atoms with Gasteiger partial charge in [0.25, 0.3) is 16.1 Å². The molecule has 1 aliphatic heterocycles. The molecule has 2 heterocycles. The molecule has 4 bridgehead atoms. The fourth-order valence-electron chi connectivity index (χ4n) is 8.57. The summed E-state index contributed by atoms with van der Waals surface area (Å²) in [6, 6.07) is 3.39. The lowest BCUT2D eigenvalue weighted by Gasteiger charge is -2.33. The number of carbonyl (C=O) groups excluding carboxylic acids is 4. The number of nitrogens with zero attached hydrogens (tertiary/aromatic N) is 3. The number of hydrogen-bond donors (Lipinski definition) is 13. The number of carbonyl (C=O) groups is 5. The molecular weight excluding hydrogens is 975 g/mol. The largest absolute Gasteiger partial charge is 0.507 e. The van der Waals surface area contributed by atoms with E-state index >= 15 is 0 Å². The lowest BCUT2D eigenvalue weighted by atomic mass is 9.86. The zero-order valence-electron chi connectivity index (χ0n) is 40.6. The lowest BCUT2D eigenvalue weighted by molar-refractivity contribution is -0.143. The van der Waals surface area contributed by atoms with Gasteiger partial charge in [0.15, 0.2) is 17.3 Å². The number of nitrogens with two attached hydrogens (primary N) is 4. The standard InChI is InChI=1S/C47H61N11O14S/c1-21-36(40(50)57-41(53-21)28-7-8-31-27(38(28)61)10-11-47(31,3)4)43(64)56-33(18-52-73(51,69)70)45(66)58(5)37-24-14-30(39(62)35(15-24)72-20-26(60)17-49)29-12-23(6-9-34(29)71-19-25(59)16-48)13-32(46(67)68)55-42(63)22(2)54-44(37)65/h6-9,12,14-15,22,25-26,32-33,37,52,59-62H,10-11,13,16-20,48-49H2,1-5H3,(H,54,65)(H,55,63)(H,56,64)(H,67,68)(H2,50,53,57)(H2,51,69,70)/t22-,25+,26+,32-,33-,37-/m0/s1. The summed E-state index contributed by atoms with van der Waals surface area (Å²) < 4.78 is 38.3. The number of aromatic nitrogens is 2. The summed E-state index contributed by atoms with van der Waals surface area (Å²) in [6.45, 7) is 4.53. The number of aromatic hydroxyl groups is 2. The van der Waals surface area contributed by atoms with E-state index in [1.807, 2.05) is 10.8 Å². The molecule has 0 spiro atoms. The number of aryl methyl sites for hydroxylation is 1. The van der Waals surface area contributed by atoms with Gasteiger partial charge >= 0.3 is 5.97 Å². The number of carboxylic acids is 1.